The first-order chi connectivity index (χ1) is 8.97. The summed E-state index contributed by atoms with van der Waals surface area (Å²) in [6.45, 7) is 1.99. The third-order valence-electron chi connectivity index (χ3n) is 2.56. The Labute approximate surface area is 128 Å². The summed E-state index contributed by atoms with van der Waals surface area (Å²) in [7, 11) is 0. The predicted octanol–water partition coefficient (Wildman–Crippen LogP) is 4.11. The molecule has 0 fully saturated rings. The summed E-state index contributed by atoms with van der Waals surface area (Å²) in [5, 5.41) is 3.13. The predicted molar refractivity (Wildman–Crippen MR) is 83.8 cm³/mol. The van der Waals surface area contributed by atoms with E-state index in [1.807, 2.05) is 37.3 Å². The number of thiophene rings is 1. The second-order valence-electron chi connectivity index (χ2n) is 4.12. The molecule has 100 valence electrons. The lowest BCUT2D eigenvalue weighted by molar-refractivity contribution is -0.118. The summed E-state index contributed by atoms with van der Waals surface area (Å²) in [4.78, 5) is 12.4. The Bertz CT molecular complexity index is 595. The SMILES string of the molecule is Cc1cccc(NC(C(N)=O)c2cc(Br)c(Cl)s2)c1. The van der Waals surface area contributed by atoms with Crippen LogP contribution in [-0.2, 0) is 4.79 Å². The van der Waals surface area contributed by atoms with Crippen molar-refractivity contribution in [3.05, 3.63) is 49.6 Å². The minimum atomic E-state index is -0.587. The molecule has 0 spiro atoms. The third kappa shape index (κ3) is 3.49. The number of hydrogen-bond acceptors (Lipinski definition) is 3. The van der Waals surface area contributed by atoms with E-state index >= 15 is 0 Å². The molecule has 6 heteroatoms. The van der Waals surface area contributed by atoms with Gasteiger partial charge >= 0.3 is 0 Å². The Morgan fingerprint density at radius 2 is 2.21 bits per heavy atom. The number of halogens is 2. The van der Waals surface area contributed by atoms with Gasteiger partial charge in [0, 0.05) is 15.0 Å². The molecule has 1 amide bonds. The van der Waals surface area contributed by atoms with Crippen molar-refractivity contribution in [2.75, 3.05) is 5.32 Å². The van der Waals surface area contributed by atoms with Crippen LogP contribution in [0.4, 0.5) is 5.69 Å². The number of carbonyl (C=O) groups is 1. The van der Waals surface area contributed by atoms with Crippen LogP contribution in [0, 0.1) is 6.92 Å². The van der Waals surface area contributed by atoms with E-state index in [2.05, 4.69) is 21.2 Å². The molecule has 19 heavy (non-hydrogen) atoms. The molecule has 0 saturated heterocycles. The van der Waals surface area contributed by atoms with E-state index in [1.54, 1.807) is 0 Å². The van der Waals surface area contributed by atoms with Gasteiger partial charge in [0.05, 0.1) is 0 Å². The average molecular weight is 360 g/mol. The van der Waals surface area contributed by atoms with E-state index in [9.17, 15) is 4.79 Å². The van der Waals surface area contributed by atoms with Gasteiger partial charge in [0.25, 0.3) is 0 Å². The molecule has 2 aromatic rings. The lowest BCUT2D eigenvalue weighted by Crippen LogP contribution is -2.27. The second-order valence-corrected chi connectivity index (χ2v) is 6.66. The summed E-state index contributed by atoms with van der Waals surface area (Å²) >= 11 is 10.7. The van der Waals surface area contributed by atoms with Gasteiger partial charge in [-0.25, -0.2) is 0 Å². The fourth-order valence-electron chi connectivity index (χ4n) is 1.69. The number of aryl methyl sites for hydroxylation is 1. The first-order valence-electron chi connectivity index (χ1n) is 5.54. The molecule has 0 aliphatic heterocycles. The highest BCUT2D eigenvalue weighted by Gasteiger charge is 2.21. The normalized spacial score (nSPS) is 12.2. The Morgan fingerprint density at radius 1 is 1.47 bits per heavy atom. The molecule has 3 N–H and O–H groups in total. The van der Waals surface area contributed by atoms with Crippen molar-refractivity contribution >= 4 is 50.5 Å². The van der Waals surface area contributed by atoms with Crippen molar-refractivity contribution in [2.45, 2.75) is 13.0 Å². The molecule has 1 atom stereocenters. The van der Waals surface area contributed by atoms with E-state index in [0.717, 1.165) is 20.6 Å². The molecule has 1 unspecified atom stereocenters. The lowest BCUT2D eigenvalue weighted by Gasteiger charge is -2.15. The van der Waals surface area contributed by atoms with Gasteiger partial charge in [-0.3, -0.25) is 4.79 Å². The fraction of sp³-hybridized carbons (Fsp3) is 0.154. The molecule has 0 bridgehead atoms. The van der Waals surface area contributed by atoms with E-state index in [1.165, 1.54) is 11.3 Å². The number of benzene rings is 1. The number of nitrogens with two attached hydrogens (primary N) is 1. The number of amides is 1. The van der Waals surface area contributed by atoms with Gasteiger partial charge in [-0.05, 0) is 46.6 Å². The maximum atomic E-state index is 11.6. The van der Waals surface area contributed by atoms with Crippen LogP contribution in [-0.4, -0.2) is 5.91 Å². The standard InChI is InChI=1S/C13H12BrClN2OS/c1-7-3-2-4-8(5-7)17-11(13(16)18)10-6-9(14)12(15)19-10/h2-6,11,17H,1H3,(H2,16,18). The summed E-state index contributed by atoms with van der Waals surface area (Å²) in [5.41, 5.74) is 7.42. The number of nitrogens with one attached hydrogen (secondary N) is 1. The molecule has 1 heterocycles. The van der Waals surface area contributed by atoms with Gasteiger partial charge in [-0.15, -0.1) is 11.3 Å². The maximum Gasteiger partial charge on any atom is 0.245 e. The van der Waals surface area contributed by atoms with Gasteiger partial charge in [0.1, 0.15) is 10.4 Å². The van der Waals surface area contributed by atoms with Crippen molar-refractivity contribution in [1.29, 1.82) is 0 Å². The van der Waals surface area contributed by atoms with Crippen LogP contribution < -0.4 is 11.1 Å². The number of anilines is 1. The number of primary amides is 1. The smallest absolute Gasteiger partial charge is 0.245 e. The first-order valence-corrected chi connectivity index (χ1v) is 7.53. The van der Waals surface area contributed by atoms with E-state index in [4.69, 9.17) is 17.3 Å². The topological polar surface area (TPSA) is 55.1 Å². The van der Waals surface area contributed by atoms with Crippen LogP contribution in [0.3, 0.4) is 0 Å². The summed E-state index contributed by atoms with van der Waals surface area (Å²) in [5.74, 6) is -0.438. The number of carbonyl (C=O) groups excluding carboxylic acids is 1. The zero-order valence-corrected chi connectivity index (χ0v) is 13.3. The zero-order chi connectivity index (χ0) is 14.0. The van der Waals surface area contributed by atoms with Crippen molar-refractivity contribution in [2.24, 2.45) is 5.73 Å². The minimum absolute atomic E-state index is 0.438. The van der Waals surface area contributed by atoms with Crippen LogP contribution in [0.2, 0.25) is 4.34 Å². The molecule has 0 saturated carbocycles. The van der Waals surface area contributed by atoms with Crippen molar-refractivity contribution in [1.82, 2.24) is 0 Å². The minimum Gasteiger partial charge on any atom is -0.369 e. The highest BCUT2D eigenvalue weighted by molar-refractivity contribution is 9.10. The molecule has 1 aromatic carbocycles. The molecule has 0 aliphatic rings. The second kappa shape index (κ2) is 5.94. The fourth-order valence-corrected chi connectivity index (χ4v) is 3.49. The maximum absolute atomic E-state index is 11.6. The summed E-state index contributed by atoms with van der Waals surface area (Å²) in [6.07, 6.45) is 0. The first kappa shape index (κ1) is 14.4. The van der Waals surface area contributed by atoms with Crippen LogP contribution in [0.5, 0.6) is 0 Å². The van der Waals surface area contributed by atoms with Gasteiger partial charge < -0.3 is 11.1 Å². The van der Waals surface area contributed by atoms with Gasteiger partial charge in [-0.2, -0.15) is 0 Å². The molecule has 2 rings (SSSR count). The Morgan fingerprint density at radius 3 is 2.74 bits per heavy atom. The monoisotopic (exact) mass is 358 g/mol. The van der Waals surface area contributed by atoms with Gasteiger partial charge in [-0.1, -0.05) is 23.7 Å². The molecule has 1 aromatic heterocycles. The largest absolute Gasteiger partial charge is 0.369 e. The average Bonchev–Trinajstić information content (AvgIpc) is 2.66. The quantitative estimate of drug-likeness (QED) is 0.863. The van der Waals surface area contributed by atoms with Crippen LogP contribution >= 0.6 is 38.9 Å². The summed E-state index contributed by atoms with van der Waals surface area (Å²) in [6, 6.07) is 8.99. The molecule has 0 aliphatic carbocycles. The van der Waals surface area contributed by atoms with E-state index in [0.29, 0.717) is 4.34 Å². The Hall–Kier alpha value is -1.04. The number of rotatable bonds is 4. The Balaban J connectivity index is 2.29. The summed E-state index contributed by atoms with van der Waals surface area (Å²) < 4.78 is 1.37. The van der Waals surface area contributed by atoms with E-state index < -0.39 is 11.9 Å². The molecule has 3 nitrogen and oxygen atoms in total. The van der Waals surface area contributed by atoms with Crippen LogP contribution in [0.25, 0.3) is 0 Å². The molecular weight excluding hydrogens is 348 g/mol. The van der Waals surface area contributed by atoms with E-state index in [-0.39, 0.29) is 0 Å². The van der Waals surface area contributed by atoms with Crippen molar-refractivity contribution in [3.63, 3.8) is 0 Å². The Kier molecular flexibility index (Phi) is 4.50. The van der Waals surface area contributed by atoms with Gasteiger partial charge in [0.15, 0.2) is 0 Å². The van der Waals surface area contributed by atoms with Crippen molar-refractivity contribution in [3.8, 4) is 0 Å². The van der Waals surface area contributed by atoms with Crippen LogP contribution in [0.1, 0.15) is 16.5 Å². The highest BCUT2D eigenvalue weighted by atomic mass is 79.9. The third-order valence-corrected chi connectivity index (χ3v) is 5.10. The highest BCUT2D eigenvalue weighted by Crippen LogP contribution is 2.36. The van der Waals surface area contributed by atoms with Crippen molar-refractivity contribution < 1.29 is 4.79 Å². The molecular formula is C13H12BrClN2OS. The lowest BCUT2D eigenvalue weighted by atomic mass is 10.2. The van der Waals surface area contributed by atoms with Gasteiger partial charge in [0.2, 0.25) is 5.91 Å². The van der Waals surface area contributed by atoms with Crippen LogP contribution in [0.15, 0.2) is 34.8 Å². The molecule has 0 radical (unpaired) electrons. The number of hydrogen-bond donors (Lipinski definition) is 2. The zero-order valence-electron chi connectivity index (χ0n) is 10.1.